The minimum atomic E-state index is 0.572. The third-order valence-electron chi connectivity index (χ3n) is 4.41. The summed E-state index contributed by atoms with van der Waals surface area (Å²) < 4.78 is 0. The Kier molecular flexibility index (Phi) is 6.91. The van der Waals surface area contributed by atoms with Gasteiger partial charge in [0.05, 0.1) is 0 Å². The number of aryl methyl sites for hydroxylation is 2. The summed E-state index contributed by atoms with van der Waals surface area (Å²) in [5.41, 5.74) is 5.92. The van der Waals surface area contributed by atoms with Gasteiger partial charge in [0.25, 0.3) is 0 Å². The van der Waals surface area contributed by atoms with E-state index in [1.54, 1.807) is 6.07 Å². The molecule has 0 unspecified atom stereocenters. The van der Waals surface area contributed by atoms with E-state index in [0.717, 1.165) is 34.1 Å². The molecule has 1 heteroatoms. The smallest absolute Gasteiger partial charge is 0.151 e. The maximum Gasteiger partial charge on any atom is 0.151 e. The fourth-order valence-corrected chi connectivity index (χ4v) is 2.76. The van der Waals surface area contributed by atoms with Crippen LogP contribution in [-0.2, 0) is 0 Å². The minimum Gasteiger partial charge on any atom is -0.298 e. The lowest BCUT2D eigenvalue weighted by Crippen LogP contribution is -1.90. The first kappa shape index (κ1) is 20.3. The van der Waals surface area contributed by atoms with Crippen LogP contribution in [0.25, 0.3) is 0 Å². The predicted molar refractivity (Wildman–Crippen MR) is 122 cm³/mol. The van der Waals surface area contributed by atoms with Gasteiger partial charge in [0, 0.05) is 27.8 Å². The lowest BCUT2D eigenvalue weighted by molar-refractivity contribution is 0.112. The fraction of sp³-hybridized carbons (Fsp3) is 0.0690. The van der Waals surface area contributed by atoms with Gasteiger partial charge >= 0.3 is 0 Å². The summed E-state index contributed by atoms with van der Waals surface area (Å²) in [6, 6.07) is 21.1. The van der Waals surface area contributed by atoms with Crippen LogP contribution in [0.3, 0.4) is 0 Å². The largest absolute Gasteiger partial charge is 0.298 e. The zero-order valence-corrected chi connectivity index (χ0v) is 16.8. The van der Waals surface area contributed by atoms with E-state index >= 15 is 0 Å². The predicted octanol–water partition coefficient (Wildman–Crippen LogP) is 4.92. The highest BCUT2D eigenvalue weighted by Crippen LogP contribution is 2.11. The molecule has 0 spiro atoms. The maximum absolute atomic E-state index is 11.2. The molecule has 0 radical (unpaired) electrons. The molecule has 0 atom stereocenters. The number of aldehydes is 1. The highest BCUT2D eigenvalue weighted by Gasteiger charge is 2.00. The van der Waals surface area contributed by atoms with Crippen LogP contribution in [0.5, 0.6) is 0 Å². The van der Waals surface area contributed by atoms with Crippen LogP contribution < -0.4 is 0 Å². The van der Waals surface area contributed by atoms with Crippen molar-refractivity contribution in [3.05, 3.63) is 106 Å². The normalized spacial score (nSPS) is 8.73. The Morgan fingerprint density at radius 2 is 1.07 bits per heavy atom. The van der Waals surface area contributed by atoms with Gasteiger partial charge in [-0.05, 0) is 66.9 Å². The first-order chi connectivity index (χ1) is 14.7. The molecular formula is C29H18O. The second-order valence-corrected chi connectivity index (χ2v) is 6.52. The maximum atomic E-state index is 11.2. The van der Waals surface area contributed by atoms with E-state index in [1.165, 1.54) is 0 Å². The monoisotopic (exact) mass is 382 g/mol. The molecule has 140 valence electrons. The molecule has 0 fully saturated rings. The van der Waals surface area contributed by atoms with E-state index in [9.17, 15) is 4.79 Å². The zero-order valence-electron chi connectivity index (χ0n) is 16.8. The number of hydrogen-bond donors (Lipinski definition) is 0. The van der Waals surface area contributed by atoms with Gasteiger partial charge in [-0.3, -0.25) is 4.79 Å². The molecular weight excluding hydrogens is 364 g/mol. The van der Waals surface area contributed by atoms with Gasteiger partial charge in [-0.2, -0.15) is 0 Å². The van der Waals surface area contributed by atoms with Crippen molar-refractivity contribution in [3.8, 4) is 47.4 Å². The van der Waals surface area contributed by atoms with Crippen LogP contribution in [0.4, 0.5) is 0 Å². The molecule has 0 saturated carbocycles. The van der Waals surface area contributed by atoms with Crippen LogP contribution >= 0.6 is 0 Å². The Labute approximate surface area is 178 Å². The van der Waals surface area contributed by atoms with E-state index in [2.05, 4.69) is 47.4 Å². The first-order valence-corrected chi connectivity index (χ1v) is 9.42. The Balaban J connectivity index is 1.83. The second-order valence-electron chi connectivity index (χ2n) is 6.52. The molecule has 0 aliphatic heterocycles. The average molecular weight is 382 g/mol. The Bertz CT molecular complexity index is 1340. The van der Waals surface area contributed by atoms with Gasteiger partial charge in [-0.25, -0.2) is 0 Å². The molecule has 0 N–H and O–H groups in total. The summed E-state index contributed by atoms with van der Waals surface area (Å²) in [5.74, 6) is 23.7. The number of rotatable bonds is 1. The number of hydrogen-bond acceptors (Lipinski definition) is 1. The highest BCUT2D eigenvalue weighted by atomic mass is 16.1. The lowest BCUT2D eigenvalue weighted by Gasteiger charge is -1.99. The SMILES string of the molecule is Cc1ccccc1C#CC#Cc1ccccc1C#CC#Cc1c(C)cccc1C=O. The molecule has 0 bridgehead atoms. The summed E-state index contributed by atoms with van der Waals surface area (Å²) in [4.78, 5) is 11.2. The minimum absolute atomic E-state index is 0.572. The van der Waals surface area contributed by atoms with Crippen molar-refractivity contribution in [2.24, 2.45) is 0 Å². The van der Waals surface area contributed by atoms with Gasteiger partial charge in [-0.1, -0.05) is 72.2 Å². The third kappa shape index (κ3) is 5.31. The van der Waals surface area contributed by atoms with Gasteiger partial charge in [0.15, 0.2) is 6.29 Å². The first-order valence-electron chi connectivity index (χ1n) is 9.42. The summed E-state index contributed by atoms with van der Waals surface area (Å²) >= 11 is 0. The van der Waals surface area contributed by atoms with E-state index in [0.29, 0.717) is 11.1 Å². The standard InChI is InChI=1S/C29H18O/c1-23-12-3-4-14-25(23)15-5-6-16-26-17-7-8-18-27(26)19-9-10-21-29-24(2)13-11-20-28(29)22-30/h3-4,7-8,11-14,17-18,20,22H,1-2H3. The van der Waals surface area contributed by atoms with E-state index in [1.807, 2.05) is 74.5 Å². The molecule has 30 heavy (non-hydrogen) atoms. The van der Waals surface area contributed by atoms with Gasteiger partial charge in [-0.15, -0.1) is 0 Å². The van der Waals surface area contributed by atoms with Crippen molar-refractivity contribution in [2.75, 3.05) is 0 Å². The molecule has 0 amide bonds. The van der Waals surface area contributed by atoms with Crippen LogP contribution in [0.2, 0.25) is 0 Å². The Hall–Kier alpha value is -4.43. The Morgan fingerprint density at radius 1 is 0.567 bits per heavy atom. The summed E-state index contributed by atoms with van der Waals surface area (Å²) in [5, 5.41) is 0. The van der Waals surface area contributed by atoms with Crippen LogP contribution in [0.15, 0.2) is 66.7 Å². The zero-order chi connectivity index (χ0) is 21.2. The molecule has 3 aromatic carbocycles. The molecule has 0 saturated heterocycles. The number of carbonyl (C=O) groups excluding carboxylic acids is 1. The summed E-state index contributed by atoms with van der Waals surface area (Å²) in [6.07, 6.45) is 0.813. The fourth-order valence-electron chi connectivity index (χ4n) is 2.76. The van der Waals surface area contributed by atoms with Gasteiger partial charge in [0.1, 0.15) is 0 Å². The van der Waals surface area contributed by atoms with Crippen LogP contribution in [0, 0.1) is 61.2 Å². The van der Waals surface area contributed by atoms with Crippen molar-refractivity contribution in [1.29, 1.82) is 0 Å². The number of carbonyl (C=O) groups is 1. The van der Waals surface area contributed by atoms with Gasteiger partial charge < -0.3 is 0 Å². The molecule has 3 aromatic rings. The molecule has 0 aromatic heterocycles. The summed E-state index contributed by atoms with van der Waals surface area (Å²) in [7, 11) is 0. The third-order valence-corrected chi connectivity index (χ3v) is 4.41. The quantitative estimate of drug-likeness (QED) is 0.431. The highest BCUT2D eigenvalue weighted by molar-refractivity contribution is 5.80. The second kappa shape index (κ2) is 10.2. The molecule has 0 aliphatic rings. The van der Waals surface area contributed by atoms with Crippen molar-refractivity contribution >= 4 is 6.29 Å². The topological polar surface area (TPSA) is 17.1 Å². The number of benzene rings is 3. The van der Waals surface area contributed by atoms with E-state index < -0.39 is 0 Å². The lowest BCUT2D eigenvalue weighted by atomic mass is 10.0. The molecule has 0 heterocycles. The van der Waals surface area contributed by atoms with Crippen molar-refractivity contribution in [3.63, 3.8) is 0 Å². The molecule has 1 nitrogen and oxygen atoms in total. The van der Waals surface area contributed by atoms with Gasteiger partial charge in [0.2, 0.25) is 0 Å². The van der Waals surface area contributed by atoms with Crippen molar-refractivity contribution in [2.45, 2.75) is 13.8 Å². The van der Waals surface area contributed by atoms with Crippen molar-refractivity contribution < 1.29 is 4.79 Å². The van der Waals surface area contributed by atoms with E-state index in [-0.39, 0.29) is 0 Å². The average Bonchev–Trinajstić information content (AvgIpc) is 2.77. The Morgan fingerprint density at radius 3 is 1.67 bits per heavy atom. The van der Waals surface area contributed by atoms with Crippen molar-refractivity contribution in [1.82, 2.24) is 0 Å². The molecule has 0 aliphatic carbocycles. The van der Waals surface area contributed by atoms with Crippen LogP contribution in [0.1, 0.15) is 43.7 Å². The molecule has 3 rings (SSSR count). The van der Waals surface area contributed by atoms with E-state index in [4.69, 9.17) is 0 Å². The van der Waals surface area contributed by atoms with Crippen LogP contribution in [-0.4, -0.2) is 6.29 Å². The summed E-state index contributed by atoms with van der Waals surface area (Å²) in [6.45, 7) is 3.95.